The van der Waals surface area contributed by atoms with Crippen molar-refractivity contribution in [1.29, 1.82) is 0 Å². The summed E-state index contributed by atoms with van der Waals surface area (Å²) in [6.07, 6.45) is 1.94. The second kappa shape index (κ2) is 9.56. The standard InChI is InChI=1S/C23H30N2O2/c1-18(2)24-23(26)21-11-13-25(14-12-21)16-20-9-6-10-22(15-20)27-17-19-7-4-3-5-8-19/h3-10,15,18,21H,11-14,16-17H2,1-2H3,(H,24,26)/p+1. The van der Waals surface area contributed by atoms with Crippen LogP contribution in [-0.4, -0.2) is 25.0 Å². The molecule has 4 nitrogen and oxygen atoms in total. The Bertz CT molecular complexity index is 722. The molecule has 1 saturated heterocycles. The van der Waals surface area contributed by atoms with Crippen molar-refractivity contribution in [1.82, 2.24) is 5.32 Å². The molecule has 0 aliphatic carbocycles. The van der Waals surface area contributed by atoms with E-state index < -0.39 is 0 Å². The predicted molar refractivity (Wildman–Crippen MR) is 108 cm³/mol. The number of quaternary nitrogens is 1. The molecule has 2 N–H and O–H groups in total. The first-order chi connectivity index (χ1) is 13.1. The van der Waals surface area contributed by atoms with Gasteiger partial charge >= 0.3 is 0 Å². The largest absolute Gasteiger partial charge is 0.489 e. The van der Waals surface area contributed by atoms with Crippen molar-refractivity contribution in [2.75, 3.05) is 13.1 Å². The van der Waals surface area contributed by atoms with Crippen LogP contribution in [0.1, 0.15) is 37.8 Å². The third-order valence-electron chi connectivity index (χ3n) is 5.10. The highest BCUT2D eigenvalue weighted by Crippen LogP contribution is 2.16. The van der Waals surface area contributed by atoms with E-state index >= 15 is 0 Å². The molecule has 0 spiro atoms. The number of amides is 1. The maximum Gasteiger partial charge on any atom is 0.223 e. The quantitative estimate of drug-likeness (QED) is 0.790. The van der Waals surface area contributed by atoms with E-state index in [-0.39, 0.29) is 17.9 Å². The van der Waals surface area contributed by atoms with Gasteiger partial charge in [0.05, 0.1) is 13.1 Å². The van der Waals surface area contributed by atoms with Gasteiger partial charge in [-0.25, -0.2) is 0 Å². The van der Waals surface area contributed by atoms with Crippen molar-refractivity contribution >= 4 is 5.91 Å². The summed E-state index contributed by atoms with van der Waals surface area (Å²) >= 11 is 0. The molecular weight excluding hydrogens is 336 g/mol. The number of rotatable bonds is 7. The van der Waals surface area contributed by atoms with Crippen LogP contribution in [0.4, 0.5) is 0 Å². The summed E-state index contributed by atoms with van der Waals surface area (Å²) in [5.41, 5.74) is 2.47. The second-order valence-electron chi connectivity index (χ2n) is 7.79. The van der Waals surface area contributed by atoms with Gasteiger partial charge in [0.25, 0.3) is 0 Å². The molecule has 0 aromatic heterocycles. The van der Waals surface area contributed by atoms with Gasteiger partial charge in [0, 0.05) is 30.4 Å². The van der Waals surface area contributed by atoms with Gasteiger partial charge in [-0.3, -0.25) is 4.79 Å². The Morgan fingerprint density at radius 3 is 2.48 bits per heavy atom. The minimum atomic E-state index is 0.177. The Kier molecular flexibility index (Phi) is 6.88. The van der Waals surface area contributed by atoms with Gasteiger partial charge in [-0.1, -0.05) is 42.5 Å². The van der Waals surface area contributed by atoms with E-state index in [9.17, 15) is 4.79 Å². The van der Waals surface area contributed by atoms with Gasteiger partial charge in [-0.15, -0.1) is 0 Å². The average molecular weight is 368 g/mol. The van der Waals surface area contributed by atoms with Crippen LogP contribution in [0.15, 0.2) is 54.6 Å². The molecule has 3 rings (SSSR count). The van der Waals surface area contributed by atoms with Crippen LogP contribution in [0, 0.1) is 5.92 Å². The lowest BCUT2D eigenvalue weighted by molar-refractivity contribution is -0.919. The lowest BCUT2D eigenvalue weighted by Gasteiger charge is -2.29. The zero-order valence-corrected chi connectivity index (χ0v) is 16.4. The number of benzene rings is 2. The number of hydrogen-bond donors (Lipinski definition) is 2. The fraction of sp³-hybridized carbons (Fsp3) is 0.435. The first-order valence-electron chi connectivity index (χ1n) is 10.00. The highest BCUT2D eigenvalue weighted by molar-refractivity contribution is 5.78. The maximum atomic E-state index is 12.2. The number of piperidine rings is 1. The summed E-state index contributed by atoms with van der Waals surface area (Å²) < 4.78 is 5.95. The lowest BCUT2D eigenvalue weighted by atomic mass is 9.95. The number of nitrogens with one attached hydrogen (secondary N) is 2. The highest BCUT2D eigenvalue weighted by Gasteiger charge is 2.27. The summed E-state index contributed by atoms with van der Waals surface area (Å²) in [6.45, 7) is 7.71. The molecule has 0 saturated carbocycles. The minimum absolute atomic E-state index is 0.177. The molecule has 1 aliphatic rings. The summed E-state index contributed by atoms with van der Waals surface area (Å²) in [5, 5.41) is 3.05. The zero-order valence-electron chi connectivity index (χ0n) is 16.4. The summed E-state index contributed by atoms with van der Waals surface area (Å²) in [6, 6.07) is 18.9. The minimum Gasteiger partial charge on any atom is -0.489 e. The number of ether oxygens (including phenoxy) is 1. The van der Waals surface area contributed by atoms with Crippen molar-refractivity contribution in [2.24, 2.45) is 5.92 Å². The lowest BCUT2D eigenvalue weighted by Crippen LogP contribution is -3.11. The van der Waals surface area contributed by atoms with Gasteiger partial charge in [0.15, 0.2) is 0 Å². The van der Waals surface area contributed by atoms with Crippen LogP contribution in [0.3, 0.4) is 0 Å². The number of carbonyl (C=O) groups is 1. The van der Waals surface area contributed by atoms with Crippen LogP contribution in [0.25, 0.3) is 0 Å². The topological polar surface area (TPSA) is 42.8 Å². The van der Waals surface area contributed by atoms with E-state index in [1.165, 1.54) is 11.1 Å². The molecule has 0 radical (unpaired) electrons. The monoisotopic (exact) mass is 367 g/mol. The first-order valence-corrected chi connectivity index (χ1v) is 10.00. The van der Waals surface area contributed by atoms with Crippen molar-refractivity contribution in [2.45, 2.75) is 45.9 Å². The fourth-order valence-electron chi connectivity index (χ4n) is 3.64. The Labute approximate surface area is 162 Å². The van der Waals surface area contributed by atoms with E-state index in [1.807, 2.05) is 38.1 Å². The molecule has 1 aliphatic heterocycles. The fourth-order valence-corrected chi connectivity index (χ4v) is 3.64. The van der Waals surface area contributed by atoms with E-state index in [0.717, 1.165) is 38.2 Å². The molecule has 2 aromatic carbocycles. The molecule has 1 fully saturated rings. The maximum absolute atomic E-state index is 12.2. The van der Waals surface area contributed by atoms with Crippen LogP contribution < -0.4 is 15.0 Å². The molecule has 1 heterocycles. The van der Waals surface area contributed by atoms with E-state index in [0.29, 0.717) is 6.61 Å². The SMILES string of the molecule is CC(C)NC(=O)C1CC[NH+](Cc2cccc(OCc3ccccc3)c2)CC1. The van der Waals surface area contributed by atoms with Crippen molar-refractivity contribution in [3.8, 4) is 5.75 Å². The van der Waals surface area contributed by atoms with Crippen LogP contribution in [-0.2, 0) is 17.9 Å². The van der Waals surface area contributed by atoms with Gasteiger partial charge < -0.3 is 15.0 Å². The Morgan fingerprint density at radius 2 is 1.78 bits per heavy atom. The molecule has 0 unspecified atom stereocenters. The smallest absolute Gasteiger partial charge is 0.223 e. The summed E-state index contributed by atoms with van der Waals surface area (Å²) in [5.74, 6) is 1.32. The first kappa shape index (κ1) is 19.4. The zero-order chi connectivity index (χ0) is 19.1. The van der Waals surface area contributed by atoms with Crippen molar-refractivity contribution < 1.29 is 14.4 Å². The van der Waals surface area contributed by atoms with E-state index in [2.05, 4.69) is 35.6 Å². The van der Waals surface area contributed by atoms with Gasteiger partial charge in [-0.2, -0.15) is 0 Å². The number of likely N-dealkylation sites (tertiary alicyclic amines) is 1. The highest BCUT2D eigenvalue weighted by atomic mass is 16.5. The molecule has 2 aromatic rings. The van der Waals surface area contributed by atoms with Crippen molar-refractivity contribution in [3.05, 3.63) is 65.7 Å². The molecule has 4 heteroatoms. The molecule has 0 bridgehead atoms. The van der Waals surface area contributed by atoms with Crippen LogP contribution in [0.5, 0.6) is 5.75 Å². The van der Waals surface area contributed by atoms with Gasteiger partial charge in [-0.05, 0) is 31.5 Å². The second-order valence-corrected chi connectivity index (χ2v) is 7.79. The summed E-state index contributed by atoms with van der Waals surface area (Å²) in [7, 11) is 0. The van der Waals surface area contributed by atoms with Gasteiger partial charge in [0.1, 0.15) is 18.9 Å². The summed E-state index contributed by atoms with van der Waals surface area (Å²) in [4.78, 5) is 13.7. The third-order valence-corrected chi connectivity index (χ3v) is 5.10. The Balaban J connectivity index is 1.48. The van der Waals surface area contributed by atoms with E-state index in [4.69, 9.17) is 4.74 Å². The molecule has 27 heavy (non-hydrogen) atoms. The molecule has 0 atom stereocenters. The number of carbonyl (C=O) groups excluding carboxylic acids is 1. The van der Waals surface area contributed by atoms with Crippen LogP contribution >= 0.6 is 0 Å². The predicted octanol–water partition coefficient (Wildman–Crippen LogP) is 2.59. The Morgan fingerprint density at radius 1 is 1.07 bits per heavy atom. The molecule has 1 amide bonds. The van der Waals surface area contributed by atoms with Crippen LogP contribution in [0.2, 0.25) is 0 Å². The molecular formula is C23H31N2O2+. The number of hydrogen-bond acceptors (Lipinski definition) is 2. The van der Waals surface area contributed by atoms with Crippen molar-refractivity contribution in [3.63, 3.8) is 0 Å². The Hall–Kier alpha value is -2.33. The third kappa shape index (κ3) is 6.10. The normalized spacial score (nSPS) is 19.7. The molecule has 144 valence electrons. The van der Waals surface area contributed by atoms with E-state index in [1.54, 1.807) is 4.90 Å². The van der Waals surface area contributed by atoms with Gasteiger partial charge in [0.2, 0.25) is 5.91 Å². The average Bonchev–Trinajstić information content (AvgIpc) is 2.67.